The number of hydrogen-bond acceptors (Lipinski definition) is 3. The molecule has 4 nitrogen and oxygen atoms in total. The normalized spacial score (nSPS) is 14.6. The Bertz CT molecular complexity index is 941. The zero-order chi connectivity index (χ0) is 19.7. The quantitative estimate of drug-likeness (QED) is 0.510. The van der Waals surface area contributed by atoms with E-state index in [1.54, 1.807) is 36.4 Å². The van der Waals surface area contributed by atoms with Gasteiger partial charge < -0.3 is 10.4 Å². The molecule has 0 saturated carbocycles. The summed E-state index contributed by atoms with van der Waals surface area (Å²) in [4.78, 5) is 24.7. The van der Waals surface area contributed by atoms with Crippen molar-refractivity contribution in [3.05, 3.63) is 63.1 Å². The smallest absolute Gasteiger partial charge is 0.256 e. The number of fused-ring (bicyclic) bond motifs is 1. The summed E-state index contributed by atoms with van der Waals surface area (Å²) in [5.74, 6) is -0.0467. The van der Waals surface area contributed by atoms with Crippen LogP contribution < -0.4 is 5.32 Å². The van der Waals surface area contributed by atoms with Crippen LogP contribution in [0.25, 0.3) is 5.57 Å². The number of halogens is 2. The van der Waals surface area contributed by atoms with Gasteiger partial charge in [0, 0.05) is 28.8 Å². The number of amides is 1. The Morgan fingerprint density at radius 3 is 2.48 bits per heavy atom. The van der Waals surface area contributed by atoms with Gasteiger partial charge in [-0.15, -0.1) is 0 Å². The highest BCUT2D eigenvalue weighted by atomic mass is 35.5. The number of phenolic OH excluding ortho intramolecular Hbond substituents is 1. The minimum absolute atomic E-state index is 0.0589. The fourth-order valence-electron chi connectivity index (χ4n) is 3.01. The molecule has 0 atom stereocenters. The summed E-state index contributed by atoms with van der Waals surface area (Å²) in [6, 6.07) is 8.48. The highest BCUT2D eigenvalue weighted by Gasteiger charge is 2.25. The summed E-state index contributed by atoms with van der Waals surface area (Å²) in [5, 5.41) is 12.8. The second kappa shape index (κ2) is 7.75. The highest BCUT2D eigenvalue weighted by molar-refractivity contribution is 6.37. The number of rotatable bonds is 5. The van der Waals surface area contributed by atoms with Crippen LogP contribution in [0.3, 0.4) is 0 Å². The summed E-state index contributed by atoms with van der Waals surface area (Å²) in [6.07, 6.45) is 2.65. The van der Waals surface area contributed by atoms with Gasteiger partial charge in [-0.05, 0) is 48.2 Å². The maximum absolute atomic E-state index is 12.4. The molecule has 2 N–H and O–H groups in total. The number of anilines is 1. The molecule has 1 aliphatic rings. The molecule has 1 aliphatic heterocycles. The van der Waals surface area contributed by atoms with E-state index >= 15 is 0 Å². The van der Waals surface area contributed by atoms with Crippen molar-refractivity contribution in [3.8, 4) is 5.75 Å². The Morgan fingerprint density at radius 1 is 1.19 bits per heavy atom. The van der Waals surface area contributed by atoms with Crippen molar-refractivity contribution >= 4 is 46.2 Å². The lowest BCUT2D eigenvalue weighted by Gasteiger charge is -2.07. The van der Waals surface area contributed by atoms with E-state index in [0.717, 1.165) is 5.56 Å². The second-order valence-corrected chi connectivity index (χ2v) is 7.78. The van der Waals surface area contributed by atoms with E-state index in [1.807, 2.05) is 13.8 Å². The topological polar surface area (TPSA) is 66.4 Å². The third-order valence-electron chi connectivity index (χ3n) is 4.34. The van der Waals surface area contributed by atoms with Gasteiger partial charge in [0.1, 0.15) is 0 Å². The van der Waals surface area contributed by atoms with Gasteiger partial charge in [-0.1, -0.05) is 43.1 Å². The summed E-state index contributed by atoms with van der Waals surface area (Å²) in [7, 11) is 0. The van der Waals surface area contributed by atoms with E-state index < -0.39 is 0 Å². The lowest BCUT2D eigenvalue weighted by atomic mass is 9.97. The Morgan fingerprint density at radius 2 is 1.85 bits per heavy atom. The summed E-state index contributed by atoms with van der Waals surface area (Å²) in [6.45, 7) is 3.99. The standard InChI is InChI=1S/C21H19Cl2NO3/c1-11(2)7-19(25)13-4-6-18-15(10-13)14(21(27)24-18)5-3-12-8-16(22)20(26)17(23)9-12/h4-6,8-11,26H,3,7H2,1-2H3,(H,24,27)/b14-5-. The van der Waals surface area contributed by atoms with Crippen LogP contribution in [0.5, 0.6) is 5.75 Å². The van der Waals surface area contributed by atoms with Gasteiger partial charge in [0.05, 0.1) is 10.0 Å². The van der Waals surface area contributed by atoms with E-state index in [0.29, 0.717) is 35.2 Å². The lowest BCUT2D eigenvalue weighted by molar-refractivity contribution is -0.110. The first kappa shape index (κ1) is 19.5. The minimum Gasteiger partial charge on any atom is -0.505 e. The molecule has 0 aliphatic carbocycles. The third-order valence-corrected chi connectivity index (χ3v) is 4.91. The molecule has 0 spiro atoms. The molecule has 0 bridgehead atoms. The van der Waals surface area contributed by atoms with Crippen molar-refractivity contribution in [2.75, 3.05) is 5.32 Å². The number of ketones is 1. The van der Waals surface area contributed by atoms with Crippen molar-refractivity contribution in [2.45, 2.75) is 26.7 Å². The van der Waals surface area contributed by atoms with E-state index in [1.165, 1.54) is 0 Å². The Labute approximate surface area is 167 Å². The van der Waals surface area contributed by atoms with Crippen molar-refractivity contribution in [2.24, 2.45) is 5.92 Å². The van der Waals surface area contributed by atoms with Gasteiger partial charge >= 0.3 is 0 Å². The maximum Gasteiger partial charge on any atom is 0.256 e. The van der Waals surface area contributed by atoms with Crippen LogP contribution in [-0.4, -0.2) is 16.8 Å². The molecule has 1 heterocycles. The van der Waals surface area contributed by atoms with Crippen molar-refractivity contribution in [1.82, 2.24) is 0 Å². The first-order valence-electron chi connectivity index (χ1n) is 8.62. The van der Waals surface area contributed by atoms with Gasteiger partial charge in [0.25, 0.3) is 5.91 Å². The van der Waals surface area contributed by atoms with Gasteiger partial charge in [-0.25, -0.2) is 0 Å². The Balaban J connectivity index is 1.91. The van der Waals surface area contributed by atoms with Crippen molar-refractivity contribution in [3.63, 3.8) is 0 Å². The highest BCUT2D eigenvalue weighted by Crippen LogP contribution is 2.35. The zero-order valence-electron chi connectivity index (χ0n) is 15.0. The molecule has 2 aromatic rings. The lowest BCUT2D eigenvalue weighted by Crippen LogP contribution is -2.04. The zero-order valence-corrected chi connectivity index (χ0v) is 16.5. The maximum atomic E-state index is 12.4. The molecule has 0 unspecified atom stereocenters. The molecule has 0 radical (unpaired) electrons. The van der Waals surface area contributed by atoms with Crippen LogP contribution in [0.2, 0.25) is 10.0 Å². The Kier molecular flexibility index (Phi) is 5.59. The van der Waals surface area contributed by atoms with Crippen molar-refractivity contribution < 1.29 is 14.7 Å². The largest absolute Gasteiger partial charge is 0.505 e. The molecular weight excluding hydrogens is 385 g/mol. The van der Waals surface area contributed by atoms with Crippen LogP contribution in [0.4, 0.5) is 5.69 Å². The number of hydrogen-bond donors (Lipinski definition) is 2. The summed E-state index contributed by atoms with van der Waals surface area (Å²) >= 11 is 11.9. The van der Waals surface area contributed by atoms with Gasteiger partial charge in [-0.2, -0.15) is 0 Å². The van der Waals surface area contributed by atoms with Crippen LogP contribution >= 0.6 is 23.2 Å². The first-order chi connectivity index (χ1) is 12.8. The van der Waals surface area contributed by atoms with Gasteiger partial charge in [0.2, 0.25) is 0 Å². The molecule has 27 heavy (non-hydrogen) atoms. The molecule has 6 heteroatoms. The van der Waals surface area contributed by atoms with Gasteiger partial charge in [0.15, 0.2) is 11.5 Å². The van der Waals surface area contributed by atoms with Crippen molar-refractivity contribution in [1.29, 1.82) is 0 Å². The minimum atomic E-state index is -0.213. The summed E-state index contributed by atoms with van der Waals surface area (Å²) < 4.78 is 0. The van der Waals surface area contributed by atoms with E-state index in [2.05, 4.69) is 5.32 Å². The summed E-state index contributed by atoms with van der Waals surface area (Å²) in [5.41, 5.74) is 3.27. The molecule has 0 aromatic heterocycles. The number of Topliss-reactive ketones (excluding diaryl/α,β-unsaturated/α-hetero) is 1. The van der Waals surface area contributed by atoms with Crippen LogP contribution in [0.15, 0.2) is 36.4 Å². The molecule has 1 amide bonds. The Hall–Kier alpha value is -2.30. The predicted molar refractivity (Wildman–Crippen MR) is 109 cm³/mol. The first-order valence-corrected chi connectivity index (χ1v) is 9.38. The SMILES string of the molecule is CC(C)CC(=O)c1ccc2c(c1)/C(=C/Cc1cc(Cl)c(O)c(Cl)c1)C(=O)N2. The van der Waals surface area contributed by atoms with E-state index in [4.69, 9.17) is 23.2 Å². The molecule has 0 fully saturated rings. The monoisotopic (exact) mass is 403 g/mol. The van der Waals surface area contributed by atoms with Gasteiger partial charge in [-0.3, -0.25) is 9.59 Å². The number of nitrogens with one attached hydrogen (secondary N) is 1. The third kappa shape index (κ3) is 4.18. The predicted octanol–water partition coefficient (Wildman–Crippen LogP) is 5.51. The van der Waals surface area contributed by atoms with Crippen LogP contribution in [0, 0.1) is 5.92 Å². The molecule has 3 rings (SSSR count). The fourth-order valence-corrected chi connectivity index (χ4v) is 3.54. The number of carbonyl (C=O) groups excluding carboxylic acids is 2. The van der Waals surface area contributed by atoms with E-state index in [9.17, 15) is 14.7 Å². The fraction of sp³-hybridized carbons (Fsp3) is 0.238. The number of phenols is 1. The average molecular weight is 404 g/mol. The average Bonchev–Trinajstić information content (AvgIpc) is 2.91. The molecule has 2 aromatic carbocycles. The number of aromatic hydroxyl groups is 1. The number of allylic oxidation sites excluding steroid dienone is 1. The van der Waals surface area contributed by atoms with Crippen LogP contribution in [0.1, 0.15) is 41.8 Å². The molecular formula is C21H19Cl2NO3. The number of benzene rings is 2. The van der Waals surface area contributed by atoms with E-state index in [-0.39, 0.29) is 33.4 Å². The molecule has 140 valence electrons. The van der Waals surface area contributed by atoms with Crippen LogP contribution in [-0.2, 0) is 11.2 Å². The number of carbonyl (C=O) groups is 2. The molecule has 0 saturated heterocycles. The second-order valence-electron chi connectivity index (χ2n) is 6.97.